The summed E-state index contributed by atoms with van der Waals surface area (Å²) in [5.74, 6) is -2.21. The van der Waals surface area contributed by atoms with Crippen LogP contribution >= 0.6 is 46.6 Å². The van der Waals surface area contributed by atoms with E-state index in [-0.39, 0.29) is 22.2 Å². The largest absolute Gasteiger partial charge is 0.323 e. The predicted molar refractivity (Wildman–Crippen MR) is 188 cm³/mol. The first kappa shape index (κ1) is 33.8. The quantitative estimate of drug-likeness (QED) is 0.0998. The van der Waals surface area contributed by atoms with Crippen LogP contribution in [0.25, 0.3) is 6.08 Å². The van der Waals surface area contributed by atoms with Crippen molar-refractivity contribution in [3.8, 4) is 0 Å². The first-order chi connectivity index (χ1) is 22.7. The summed E-state index contributed by atoms with van der Waals surface area (Å²) >= 11 is 19.8. The monoisotopic (exact) mass is 703 g/mol. The molecule has 0 radical (unpaired) electrons. The third-order valence-electron chi connectivity index (χ3n) is 6.71. The van der Waals surface area contributed by atoms with Crippen LogP contribution in [0.15, 0.2) is 132 Å². The van der Waals surface area contributed by atoms with Crippen molar-refractivity contribution in [2.24, 2.45) is 0 Å². The standard InChI is InChI=1S/C36H25Cl3FN3O3S/c37-24-14-19-31(29(39)20-24)42-36(46)33(22-8-3-1-4-9-22)47-26-17-15-25(16-18-26)41-35(45)32(21-27-28(38)12-7-13-30(27)40)43-34(44)23-10-5-2-6-11-23/h1-21,33H,(H,41,45)(H,42,46)(H,43,44)/b32-21-. The Bertz CT molecular complexity index is 1920. The number of nitrogens with one attached hydrogen (secondary N) is 3. The third-order valence-corrected chi connectivity index (χ3v) is 8.86. The molecule has 236 valence electrons. The van der Waals surface area contributed by atoms with Crippen molar-refractivity contribution >= 4 is 81.7 Å². The Kier molecular flexibility index (Phi) is 11.3. The molecule has 3 amide bonds. The van der Waals surface area contributed by atoms with E-state index in [9.17, 15) is 18.8 Å². The number of thioether (sulfide) groups is 1. The molecule has 5 aromatic carbocycles. The Morgan fingerprint density at radius 3 is 2.06 bits per heavy atom. The lowest BCUT2D eigenvalue weighted by molar-refractivity contribution is -0.116. The van der Waals surface area contributed by atoms with Crippen molar-refractivity contribution in [1.82, 2.24) is 5.32 Å². The summed E-state index contributed by atoms with van der Waals surface area (Å²) in [6.07, 6.45) is 1.19. The highest BCUT2D eigenvalue weighted by atomic mass is 35.5. The summed E-state index contributed by atoms with van der Waals surface area (Å²) < 4.78 is 14.6. The van der Waals surface area contributed by atoms with Crippen molar-refractivity contribution in [1.29, 1.82) is 0 Å². The zero-order valence-electron chi connectivity index (χ0n) is 24.3. The molecule has 1 unspecified atom stereocenters. The van der Waals surface area contributed by atoms with Crippen LogP contribution in [-0.4, -0.2) is 17.7 Å². The van der Waals surface area contributed by atoms with E-state index in [0.717, 1.165) is 10.5 Å². The van der Waals surface area contributed by atoms with Gasteiger partial charge in [-0.05, 0) is 78.4 Å². The van der Waals surface area contributed by atoms with Gasteiger partial charge in [0.1, 0.15) is 16.8 Å². The Morgan fingerprint density at radius 1 is 0.723 bits per heavy atom. The summed E-state index contributed by atoms with van der Waals surface area (Å²) in [5.41, 5.74) is 1.64. The van der Waals surface area contributed by atoms with Gasteiger partial charge in [0.05, 0.1) is 15.7 Å². The maximum atomic E-state index is 14.6. The highest BCUT2D eigenvalue weighted by Crippen LogP contribution is 2.37. The lowest BCUT2D eigenvalue weighted by atomic mass is 10.1. The number of hydrogen-bond donors (Lipinski definition) is 3. The predicted octanol–water partition coefficient (Wildman–Crippen LogP) is 9.67. The van der Waals surface area contributed by atoms with Crippen molar-refractivity contribution in [3.05, 3.63) is 165 Å². The summed E-state index contributed by atoms with van der Waals surface area (Å²) in [6.45, 7) is 0. The van der Waals surface area contributed by atoms with E-state index >= 15 is 0 Å². The van der Waals surface area contributed by atoms with Gasteiger partial charge in [-0.15, -0.1) is 11.8 Å². The first-order valence-electron chi connectivity index (χ1n) is 14.1. The molecule has 5 aromatic rings. The maximum Gasteiger partial charge on any atom is 0.272 e. The summed E-state index contributed by atoms with van der Waals surface area (Å²) in [7, 11) is 0. The van der Waals surface area contributed by atoms with Gasteiger partial charge in [-0.3, -0.25) is 14.4 Å². The number of amides is 3. The maximum absolute atomic E-state index is 14.6. The fourth-order valence-electron chi connectivity index (χ4n) is 4.38. The zero-order chi connectivity index (χ0) is 33.3. The molecule has 5 rings (SSSR count). The van der Waals surface area contributed by atoms with Crippen molar-refractivity contribution in [2.45, 2.75) is 10.1 Å². The van der Waals surface area contributed by atoms with Crippen LogP contribution in [0.3, 0.4) is 0 Å². The van der Waals surface area contributed by atoms with Gasteiger partial charge in [0.15, 0.2) is 0 Å². The second-order valence-corrected chi connectivity index (χ2v) is 12.4. The molecule has 11 heteroatoms. The van der Waals surface area contributed by atoms with Crippen molar-refractivity contribution < 1.29 is 18.8 Å². The van der Waals surface area contributed by atoms with Gasteiger partial charge < -0.3 is 16.0 Å². The Hall–Kier alpha value is -4.60. The molecule has 47 heavy (non-hydrogen) atoms. The Morgan fingerprint density at radius 2 is 1.40 bits per heavy atom. The zero-order valence-corrected chi connectivity index (χ0v) is 27.4. The number of benzene rings is 5. The number of anilines is 2. The summed E-state index contributed by atoms with van der Waals surface area (Å²) in [4.78, 5) is 40.6. The Balaban J connectivity index is 1.35. The second-order valence-electron chi connectivity index (χ2n) is 10.0. The molecule has 0 fully saturated rings. The average Bonchev–Trinajstić information content (AvgIpc) is 3.07. The average molecular weight is 705 g/mol. The number of halogens is 4. The number of hydrogen-bond acceptors (Lipinski definition) is 4. The van der Waals surface area contributed by atoms with Gasteiger partial charge in [0.2, 0.25) is 5.91 Å². The third kappa shape index (κ3) is 9.02. The lowest BCUT2D eigenvalue weighted by Gasteiger charge is -2.18. The van der Waals surface area contributed by atoms with Gasteiger partial charge in [-0.1, -0.05) is 89.4 Å². The molecule has 0 saturated carbocycles. The first-order valence-corrected chi connectivity index (χ1v) is 16.1. The number of carbonyl (C=O) groups is 3. The van der Waals surface area contributed by atoms with Crippen LogP contribution in [0.1, 0.15) is 26.7 Å². The highest BCUT2D eigenvalue weighted by molar-refractivity contribution is 8.00. The minimum Gasteiger partial charge on any atom is -0.323 e. The SMILES string of the molecule is O=C(Nc1ccc(SC(C(=O)Nc2ccc(Cl)cc2Cl)c2ccccc2)cc1)/C(=C/c1c(F)cccc1Cl)NC(=O)c1ccccc1. The normalized spacial score (nSPS) is 11.8. The van der Waals surface area contributed by atoms with E-state index < -0.39 is 22.9 Å². The fourth-order valence-corrected chi connectivity index (χ4v) is 6.07. The van der Waals surface area contributed by atoms with E-state index in [1.807, 2.05) is 30.3 Å². The molecule has 0 aliphatic rings. The molecule has 0 aliphatic heterocycles. The van der Waals surface area contributed by atoms with E-state index in [1.165, 1.54) is 36.0 Å². The molecule has 1 atom stereocenters. The molecular weight excluding hydrogens is 680 g/mol. The summed E-state index contributed by atoms with van der Waals surface area (Å²) in [5, 5.41) is 8.37. The van der Waals surface area contributed by atoms with Crippen LogP contribution in [0, 0.1) is 5.82 Å². The molecule has 0 saturated heterocycles. The molecule has 0 aliphatic carbocycles. The van der Waals surface area contributed by atoms with E-state index in [4.69, 9.17) is 34.8 Å². The smallest absolute Gasteiger partial charge is 0.272 e. The summed E-state index contributed by atoms with van der Waals surface area (Å²) in [6, 6.07) is 33.3. The molecule has 0 heterocycles. The van der Waals surface area contributed by atoms with E-state index in [0.29, 0.717) is 27.0 Å². The van der Waals surface area contributed by atoms with Gasteiger partial charge in [0.25, 0.3) is 11.8 Å². The van der Waals surface area contributed by atoms with E-state index in [1.54, 1.807) is 72.8 Å². The van der Waals surface area contributed by atoms with Gasteiger partial charge >= 0.3 is 0 Å². The van der Waals surface area contributed by atoms with Crippen LogP contribution in [0.4, 0.5) is 15.8 Å². The van der Waals surface area contributed by atoms with E-state index in [2.05, 4.69) is 16.0 Å². The molecule has 3 N–H and O–H groups in total. The van der Waals surface area contributed by atoms with Crippen LogP contribution < -0.4 is 16.0 Å². The highest BCUT2D eigenvalue weighted by Gasteiger charge is 2.23. The number of carbonyl (C=O) groups excluding carboxylic acids is 3. The molecular formula is C36H25Cl3FN3O3S. The topological polar surface area (TPSA) is 87.3 Å². The van der Waals surface area contributed by atoms with Crippen LogP contribution in [-0.2, 0) is 9.59 Å². The fraction of sp³-hybridized carbons (Fsp3) is 0.0278. The van der Waals surface area contributed by atoms with Gasteiger partial charge in [0, 0.05) is 26.7 Å². The molecule has 0 aromatic heterocycles. The van der Waals surface area contributed by atoms with Crippen LogP contribution in [0.5, 0.6) is 0 Å². The van der Waals surface area contributed by atoms with Gasteiger partial charge in [-0.25, -0.2) is 4.39 Å². The van der Waals surface area contributed by atoms with Crippen LogP contribution in [0.2, 0.25) is 15.1 Å². The molecule has 0 bridgehead atoms. The van der Waals surface area contributed by atoms with Crippen molar-refractivity contribution in [3.63, 3.8) is 0 Å². The minimum absolute atomic E-state index is 0.0513. The second kappa shape index (κ2) is 15.8. The molecule has 0 spiro atoms. The molecule has 6 nitrogen and oxygen atoms in total. The minimum atomic E-state index is -0.699. The number of rotatable bonds is 10. The Labute approximate surface area is 289 Å². The van der Waals surface area contributed by atoms with Gasteiger partial charge in [-0.2, -0.15) is 0 Å². The lowest BCUT2D eigenvalue weighted by Crippen LogP contribution is -2.30. The van der Waals surface area contributed by atoms with Crippen molar-refractivity contribution in [2.75, 3.05) is 10.6 Å².